The molecule has 0 saturated carbocycles. The van der Waals surface area contributed by atoms with Crippen LogP contribution < -0.4 is 10.1 Å². The Labute approximate surface area is 103 Å². The normalized spacial score (nSPS) is 12.5. The zero-order valence-electron chi connectivity index (χ0n) is 10.2. The zero-order chi connectivity index (χ0) is 12.0. The molecule has 1 aromatic carbocycles. The standard InChI is InChI=1S/C13H20ClNO/c1-10-9-12(14)6-7-13(10)16-11(2)5-4-8-15-3/h6-7,9,11,15H,4-5,8H2,1-3H3. The van der Waals surface area contributed by atoms with Gasteiger partial charge in [0.1, 0.15) is 5.75 Å². The van der Waals surface area contributed by atoms with E-state index in [0.29, 0.717) is 0 Å². The van der Waals surface area contributed by atoms with Crippen molar-refractivity contribution >= 4 is 11.6 Å². The van der Waals surface area contributed by atoms with Crippen molar-refractivity contribution in [1.29, 1.82) is 0 Å². The smallest absolute Gasteiger partial charge is 0.122 e. The molecule has 1 unspecified atom stereocenters. The van der Waals surface area contributed by atoms with Crippen molar-refractivity contribution in [1.82, 2.24) is 5.32 Å². The van der Waals surface area contributed by atoms with E-state index in [-0.39, 0.29) is 6.10 Å². The van der Waals surface area contributed by atoms with Gasteiger partial charge < -0.3 is 10.1 Å². The molecule has 1 rings (SSSR count). The second kappa shape index (κ2) is 6.77. The molecule has 0 aliphatic carbocycles. The Morgan fingerprint density at radius 2 is 2.19 bits per heavy atom. The van der Waals surface area contributed by atoms with E-state index in [4.69, 9.17) is 16.3 Å². The maximum absolute atomic E-state index is 5.89. The molecule has 0 amide bonds. The quantitative estimate of drug-likeness (QED) is 0.771. The number of benzene rings is 1. The molecule has 0 fully saturated rings. The summed E-state index contributed by atoms with van der Waals surface area (Å²) in [5.74, 6) is 0.932. The monoisotopic (exact) mass is 241 g/mol. The van der Waals surface area contributed by atoms with Gasteiger partial charge >= 0.3 is 0 Å². The fourth-order valence-corrected chi connectivity index (χ4v) is 1.81. The molecule has 16 heavy (non-hydrogen) atoms. The molecule has 90 valence electrons. The summed E-state index contributed by atoms with van der Waals surface area (Å²) in [6.07, 6.45) is 2.43. The SMILES string of the molecule is CNCCCC(C)Oc1ccc(Cl)cc1C. The van der Waals surface area contributed by atoms with E-state index in [0.717, 1.165) is 35.7 Å². The fraction of sp³-hybridized carbons (Fsp3) is 0.538. The van der Waals surface area contributed by atoms with Crippen LogP contribution in [0.4, 0.5) is 0 Å². The Morgan fingerprint density at radius 1 is 1.44 bits per heavy atom. The fourth-order valence-electron chi connectivity index (χ4n) is 1.59. The molecule has 0 aliphatic heterocycles. The summed E-state index contributed by atoms with van der Waals surface area (Å²) in [6.45, 7) is 5.15. The number of aryl methyl sites for hydroxylation is 1. The number of halogens is 1. The first-order valence-corrected chi connectivity index (χ1v) is 6.08. The van der Waals surface area contributed by atoms with Crippen LogP contribution in [0.3, 0.4) is 0 Å². The van der Waals surface area contributed by atoms with Crippen molar-refractivity contribution < 1.29 is 4.74 Å². The van der Waals surface area contributed by atoms with Crippen LogP contribution in [-0.2, 0) is 0 Å². The highest BCUT2D eigenvalue weighted by Gasteiger charge is 2.06. The highest BCUT2D eigenvalue weighted by atomic mass is 35.5. The molecular formula is C13H20ClNO. The maximum atomic E-state index is 5.89. The number of hydrogen-bond acceptors (Lipinski definition) is 2. The minimum absolute atomic E-state index is 0.244. The molecule has 1 aromatic rings. The van der Waals surface area contributed by atoms with Crippen LogP contribution in [-0.4, -0.2) is 19.7 Å². The minimum Gasteiger partial charge on any atom is -0.490 e. The van der Waals surface area contributed by atoms with E-state index in [9.17, 15) is 0 Å². The lowest BCUT2D eigenvalue weighted by molar-refractivity contribution is 0.206. The third kappa shape index (κ3) is 4.42. The van der Waals surface area contributed by atoms with Crippen LogP contribution in [0.2, 0.25) is 5.02 Å². The second-order valence-corrected chi connectivity index (χ2v) is 4.52. The van der Waals surface area contributed by atoms with E-state index in [1.54, 1.807) is 0 Å². The summed E-state index contributed by atoms with van der Waals surface area (Å²) in [6, 6.07) is 5.73. The molecule has 2 nitrogen and oxygen atoms in total. The van der Waals surface area contributed by atoms with Crippen LogP contribution in [0, 0.1) is 6.92 Å². The van der Waals surface area contributed by atoms with Crippen LogP contribution in [0.1, 0.15) is 25.3 Å². The predicted molar refractivity (Wildman–Crippen MR) is 69.4 cm³/mol. The molecule has 0 radical (unpaired) electrons. The Hall–Kier alpha value is -0.730. The average Bonchev–Trinajstić information content (AvgIpc) is 2.23. The van der Waals surface area contributed by atoms with Crippen molar-refractivity contribution in [2.45, 2.75) is 32.8 Å². The Morgan fingerprint density at radius 3 is 2.81 bits per heavy atom. The van der Waals surface area contributed by atoms with E-state index in [1.807, 2.05) is 32.2 Å². The molecular weight excluding hydrogens is 222 g/mol. The molecule has 3 heteroatoms. The molecule has 1 atom stereocenters. The topological polar surface area (TPSA) is 21.3 Å². The lowest BCUT2D eigenvalue weighted by Gasteiger charge is -2.16. The molecule has 0 spiro atoms. The molecule has 0 aliphatic rings. The van der Waals surface area contributed by atoms with E-state index in [2.05, 4.69) is 12.2 Å². The van der Waals surface area contributed by atoms with Gasteiger partial charge in [-0.05, 0) is 64.0 Å². The Kier molecular flexibility index (Phi) is 5.64. The van der Waals surface area contributed by atoms with Gasteiger partial charge in [-0.3, -0.25) is 0 Å². The largest absolute Gasteiger partial charge is 0.490 e. The van der Waals surface area contributed by atoms with Gasteiger partial charge in [0.15, 0.2) is 0 Å². The molecule has 0 saturated heterocycles. The van der Waals surface area contributed by atoms with Gasteiger partial charge in [-0.2, -0.15) is 0 Å². The summed E-state index contributed by atoms with van der Waals surface area (Å²) >= 11 is 5.89. The number of nitrogens with one attached hydrogen (secondary N) is 1. The molecule has 0 bridgehead atoms. The van der Waals surface area contributed by atoms with Gasteiger partial charge in [-0.25, -0.2) is 0 Å². The summed E-state index contributed by atoms with van der Waals surface area (Å²) in [5.41, 5.74) is 1.09. The van der Waals surface area contributed by atoms with E-state index in [1.165, 1.54) is 0 Å². The highest BCUT2D eigenvalue weighted by molar-refractivity contribution is 6.30. The zero-order valence-corrected chi connectivity index (χ0v) is 11.0. The third-order valence-electron chi connectivity index (χ3n) is 2.50. The van der Waals surface area contributed by atoms with Gasteiger partial charge in [0, 0.05) is 5.02 Å². The summed E-state index contributed by atoms with van der Waals surface area (Å²) in [4.78, 5) is 0. The van der Waals surface area contributed by atoms with Gasteiger partial charge in [0.05, 0.1) is 6.10 Å². The first-order chi connectivity index (χ1) is 7.63. The van der Waals surface area contributed by atoms with Gasteiger partial charge in [0.2, 0.25) is 0 Å². The van der Waals surface area contributed by atoms with Crippen LogP contribution in [0.5, 0.6) is 5.75 Å². The van der Waals surface area contributed by atoms with Crippen LogP contribution in [0.25, 0.3) is 0 Å². The van der Waals surface area contributed by atoms with Crippen LogP contribution >= 0.6 is 11.6 Å². The summed E-state index contributed by atoms with van der Waals surface area (Å²) < 4.78 is 5.86. The van der Waals surface area contributed by atoms with Crippen molar-refractivity contribution in [2.75, 3.05) is 13.6 Å². The highest BCUT2D eigenvalue weighted by Crippen LogP contribution is 2.23. The van der Waals surface area contributed by atoms with Gasteiger partial charge in [-0.1, -0.05) is 11.6 Å². The number of ether oxygens (including phenoxy) is 1. The van der Waals surface area contributed by atoms with Crippen LogP contribution in [0.15, 0.2) is 18.2 Å². The van der Waals surface area contributed by atoms with Crippen molar-refractivity contribution in [2.24, 2.45) is 0 Å². The summed E-state index contributed by atoms with van der Waals surface area (Å²) in [5, 5.41) is 3.89. The third-order valence-corrected chi connectivity index (χ3v) is 2.74. The number of rotatable bonds is 6. The van der Waals surface area contributed by atoms with Crippen molar-refractivity contribution in [3.05, 3.63) is 28.8 Å². The first-order valence-electron chi connectivity index (χ1n) is 5.71. The lowest BCUT2D eigenvalue weighted by atomic mass is 10.2. The Balaban J connectivity index is 2.46. The van der Waals surface area contributed by atoms with Gasteiger partial charge in [-0.15, -0.1) is 0 Å². The van der Waals surface area contributed by atoms with Crippen molar-refractivity contribution in [3.63, 3.8) is 0 Å². The minimum atomic E-state index is 0.244. The number of hydrogen-bond donors (Lipinski definition) is 1. The van der Waals surface area contributed by atoms with Gasteiger partial charge in [0.25, 0.3) is 0 Å². The predicted octanol–water partition coefficient (Wildman–Crippen LogP) is 3.42. The first kappa shape index (κ1) is 13.3. The van der Waals surface area contributed by atoms with E-state index < -0.39 is 0 Å². The lowest BCUT2D eigenvalue weighted by Crippen LogP contribution is -2.16. The maximum Gasteiger partial charge on any atom is 0.122 e. The molecule has 0 aromatic heterocycles. The molecule has 1 N–H and O–H groups in total. The summed E-state index contributed by atoms with van der Waals surface area (Å²) in [7, 11) is 1.97. The average molecular weight is 242 g/mol. The van der Waals surface area contributed by atoms with Crippen molar-refractivity contribution in [3.8, 4) is 5.75 Å². The second-order valence-electron chi connectivity index (χ2n) is 4.08. The van der Waals surface area contributed by atoms with E-state index >= 15 is 0 Å². The Bertz CT molecular complexity index is 328. The molecule has 0 heterocycles.